The minimum absolute atomic E-state index is 0.0504. The topological polar surface area (TPSA) is 54.9 Å². The maximum absolute atomic E-state index is 12.0. The van der Waals surface area contributed by atoms with E-state index in [2.05, 4.69) is 15.3 Å². The number of aryl methyl sites for hydroxylation is 1. The van der Waals surface area contributed by atoms with E-state index in [1.54, 1.807) is 0 Å². The van der Waals surface area contributed by atoms with Gasteiger partial charge in [0, 0.05) is 5.69 Å². The number of carbonyl (C=O) groups is 1. The van der Waals surface area contributed by atoms with Gasteiger partial charge in [-0.1, -0.05) is 42.1 Å². The Hall–Kier alpha value is -2.40. The molecule has 5 heteroatoms. The number of rotatable bonds is 4. The van der Waals surface area contributed by atoms with Crippen LogP contribution in [-0.4, -0.2) is 21.6 Å². The first-order chi connectivity index (χ1) is 10.7. The average Bonchev–Trinajstić information content (AvgIpc) is 2.54. The van der Waals surface area contributed by atoms with Crippen LogP contribution >= 0.6 is 11.8 Å². The van der Waals surface area contributed by atoms with Crippen LogP contribution in [0.15, 0.2) is 59.6 Å². The molecule has 0 saturated carbocycles. The van der Waals surface area contributed by atoms with Gasteiger partial charge in [-0.05, 0) is 31.2 Å². The number of aromatic nitrogens is 2. The average molecular weight is 309 g/mol. The van der Waals surface area contributed by atoms with Crippen molar-refractivity contribution in [3.63, 3.8) is 0 Å². The van der Waals surface area contributed by atoms with Gasteiger partial charge in [0.25, 0.3) is 0 Å². The van der Waals surface area contributed by atoms with E-state index >= 15 is 0 Å². The summed E-state index contributed by atoms with van der Waals surface area (Å²) < 4.78 is 0. The summed E-state index contributed by atoms with van der Waals surface area (Å²) in [5.41, 5.74) is 3.36. The highest BCUT2D eigenvalue weighted by atomic mass is 32.2. The van der Waals surface area contributed by atoms with Gasteiger partial charge < -0.3 is 5.32 Å². The van der Waals surface area contributed by atoms with Crippen molar-refractivity contribution in [2.24, 2.45) is 0 Å². The van der Waals surface area contributed by atoms with E-state index < -0.39 is 0 Å². The molecule has 1 aromatic heterocycles. The van der Waals surface area contributed by atoms with Crippen molar-refractivity contribution in [3.05, 3.63) is 60.3 Å². The molecule has 1 heterocycles. The zero-order chi connectivity index (χ0) is 15.4. The number of thioether (sulfide) groups is 1. The minimum atomic E-state index is -0.0504. The number of nitrogens with zero attached hydrogens (tertiary/aromatic N) is 2. The molecule has 0 atom stereocenters. The summed E-state index contributed by atoms with van der Waals surface area (Å²) in [5, 5.41) is 3.65. The second kappa shape index (κ2) is 6.58. The van der Waals surface area contributed by atoms with Gasteiger partial charge in [-0.15, -0.1) is 0 Å². The highest BCUT2D eigenvalue weighted by Gasteiger charge is 2.09. The summed E-state index contributed by atoms with van der Waals surface area (Å²) in [5.74, 6) is 0.258. The zero-order valence-corrected chi connectivity index (χ0v) is 12.9. The Balaban J connectivity index is 1.68. The van der Waals surface area contributed by atoms with Gasteiger partial charge in [-0.2, -0.15) is 0 Å². The number of amides is 1. The first kappa shape index (κ1) is 14.5. The lowest BCUT2D eigenvalue weighted by Gasteiger charge is -2.07. The fourth-order valence-corrected chi connectivity index (χ4v) is 2.82. The maximum Gasteiger partial charge on any atom is 0.234 e. The molecule has 1 amide bonds. The van der Waals surface area contributed by atoms with Crippen LogP contribution in [0.1, 0.15) is 5.69 Å². The predicted molar refractivity (Wildman–Crippen MR) is 90.1 cm³/mol. The van der Waals surface area contributed by atoms with E-state index in [-0.39, 0.29) is 5.91 Å². The summed E-state index contributed by atoms with van der Waals surface area (Å²) >= 11 is 1.40. The zero-order valence-electron chi connectivity index (χ0n) is 12.1. The number of carbonyl (C=O) groups excluding carboxylic acids is 1. The van der Waals surface area contributed by atoms with E-state index in [0.29, 0.717) is 5.75 Å². The molecule has 110 valence electrons. The molecular formula is C17H15N3OS. The Bertz CT molecular complexity index is 805. The summed E-state index contributed by atoms with van der Waals surface area (Å²) in [6.07, 6.45) is 0. The fourth-order valence-electron chi connectivity index (χ4n) is 2.06. The third kappa shape index (κ3) is 3.43. The van der Waals surface area contributed by atoms with Crippen LogP contribution in [0.2, 0.25) is 0 Å². The van der Waals surface area contributed by atoms with E-state index in [1.165, 1.54) is 11.8 Å². The largest absolute Gasteiger partial charge is 0.325 e. The summed E-state index contributed by atoms with van der Waals surface area (Å²) in [6, 6.07) is 17.2. The number of anilines is 1. The van der Waals surface area contributed by atoms with Crippen molar-refractivity contribution in [1.29, 1.82) is 0 Å². The van der Waals surface area contributed by atoms with E-state index in [4.69, 9.17) is 0 Å². The second-order valence-electron chi connectivity index (χ2n) is 4.81. The van der Waals surface area contributed by atoms with Crippen LogP contribution in [0.3, 0.4) is 0 Å². The van der Waals surface area contributed by atoms with E-state index in [9.17, 15) is 4.79 Å². The molecule has 0 aliphatic carbocycles. The van der Waals surface area contributed by atoms with Gasteiger partial charge in [0.15, 0.2) is 0 Å². The quantitative estimate of drug-likeness (QED) is 0.747. The third-order valence-electron chi connectivity index (χ3n) is 3.10. The van der Waals surface area contributed by atoms with Crippen LogP contribution in [-0.2, 0) is 4.79 Å². The van der Waals surface area contributed by atoms with Crippen LogP contribution in [0.4, 0.5) is 5.69 Å². The highest BCUT2D eigenvalue weighted by molar-refractivity contribution is 8.00. The summed E-state index contributed by atoms with van der Waals surface area (Å²) in [4.78, 5) is 21.1. The Morgan fingerprint density at radius 3 is 2.36 bits per heavy atom. The molecule has 0 aliphatic rings. The van der Waals surface area contributed by atoms with Crippen molar-refractivity contribution in [2.45, 2.75) is 11.9 Å². The molecule has 4 nitrogen and oxygen atoms in total. The fraction of sp³-hybridized carbons (Fsp3) is 0.118. The Labute approximate surface area is 133 Å². The van der Waals surface area contributed by atoms with Gasteiger partial charge in [-0.3, -0.25) is 4.79 Å². The van der Waals surface area contributed by atoms with Crippen molar-refractivity contribution in [3.8, 4) is 0 Å². The number of fused-ring (bicyclic) bond motifs is 1. The Morgan fingerprint density at radius 2 is 1.64 bits per heavy atom. The first-order valence-corrected chi connectivity index (χ1v) is 7.92. The molecule has 0 radical (unpaired) electrons. The van der Waals surface area contributed by atoms with Crippen LogP contribution in [0.25, 0.3) is 11.0 Å². The number of hydrogen-bond donors (Lipinski definition) is 1. The van der Waals surface area contributed by atoms with Crippen molar-refractivity contribution in [2.75, 3.05) is 11.1 Å². The lowest BCUT2D eigenvalue weighted by Crippen LogP contribution is -2.14. The van der Waals surface area contributed by atoms with E-state index in [0.717, 1.165) is 27.4 Å². The van der Waals surface area contributed by atoms with Crippen molar-refractivity contribution < 1.29 is 4.79 Å². The normalized spacial score (nSPS) is 10.6. The number of para-hydroxylation sites is 3. The molecule has 0 saturated heterocycles. The molecule has 1 N–H and O–H groups in total. The number of nitrogens with one attached hydrogen (secondary N) is 1. The standard InChI is InChI=1S/C17H15N3OS/c1-12-17(20-15-10-6-5-9-14(15)18-12)22-11-16(21)19-13-7-3-2-4-8-13/h2-10H,11H2,1H3,(H,19,21). The van der Waals surface area contributed by atoms with Crippen molar-refractivity contribution in [1.82, 2.24) is 9.97 Å². The lowest BCUT2D eigenvalue weighted by atomic mass is 10.3. The second-order valence-corrected chi connectivity index (χ2v) is 5.77. The third-order valence-corrected chi connectivity index (χ3v) is 4.17. The molecule has 22 heavy (non-hydrogen) atoms. The highest BCUT2D eigenvalue weighted by Crippen LogP contribution is 2.22. The van der Waals surface area contributed by atoms with Gasteiger partial charge in [0.1, 0.15) is 5.03 Å². The molecule has 0 bridgehead atoms. The van der Waals surface area contributed by atoms with Crippen LogP contribution in [0, 0.1) is 6.92 Å². The molecule has 3 rings (SSSR count). The monoisotopic (exact) mass is 309 g/mol. The maximum atomic E-state index is 12.0. The van der Waals surface area contributed by atoms with Crippen LogP contribution in [0.5, 0.6) is 0 Å². The minimum Gasteiger partial charge on any atom is -0.325 e. The molecule has 0 aliphatic heterocycles. The summed E-state index contributed by atoms with van der Waals surface area (Å²) in [6.45, 7) is 1.91. The van der Waals surface area contributed by atoms with Crippen molar-refractivity contribution >= 4 is 34.4 Å². The number of hydrogen-bond acceptors (Lipinski definition) is 4. The molecule has 0 spiro atoms. The Kier molecular flexibility index (Phi) is 4.34. The molecule has 0 unspecified atom stereocenters. The molecular weight excluding hydrogens is 294 g/mol. The molecule has 2 aromatic carbocycles. The predicted octanol–water partition coefficient (Wildman–Crippen LogP) is 3.67. The lowest BCUT2D eigenvalue weighted by molar-refractivity contribution is -0.113. The molecule has 0 fully saturated rings. The number of benzene rings is 2. The SMILES string of the molecule is Cc1nc2ccccc2nc1SCC(=O)Nc1ccccc1. The van der Waals surface area contributed by atoms with Gasteiger partial charge in [0.2, 0.25) is 5.91 Å². The van der Waals surface area contributed by atoms with Gasteiger partial charge >= 0.3 is 0 Å². The van der Waals surface area contributed by atoms with Crippen LogP contribution < -0.4 is 5.32 Å². The smallest absolute Gasteiger partial charge is 0.234 e. The summed E-state index contributed by atoms with van der Waals surface area (Å²) in [7, 11) is 0. The molecule has 3 aromatic rings. The first-order valence-electron chi connectivity index (χ1n) is 6.93. The van der Waals surface area contributed by atoms with E-state index in [1.807, 2.05) is 61.5 Å². The van der Waals surface area contributed by atoms with Gasteiger partial charge in [0.05, 0.1) is 22.5 Å². The van der Waals surface area contributed by atoms with Gasteiger partial charge in [-0.25, -0.2) is 9.97 Å². The Morgan fingerprint density at radius 1 is 1.00 bits per heavy atom.